The molecule has 3 rings (SSSR count). The van der Waals surface area contributed by atoms with Crippen LogP contribution in [-0.4, -0.2) is 39.8 Å². The van der Waals surface area contributed by atoms with E-state index in [2.05, 4.69) is 20.4 Å². The molecule has 2 heterocycles. The van der Waals surface area contributed by atoms with E-state index in [9.17, 15) is 4.79 Å². The van der Waals surface area contributed by atoms with Crippen LogP contribution in [0, 0.1) is 5.92 Å². The van der Waals surface area contributed by atoms with Gasteiger partial charge in [0.1, 0.15) is 18.0 Å². The summed E-state index contributed by atoms with van der Waals surface area (Å²) < 4.78 is 1.84. The fourth-order valence-electron chi connectivity index (χ4n) is 2.59. The van der Waals surface area contributed by atoms with Gasteiger partial charge in [-0.15, -0.1) is 0 Å². The molecule has 0 aliphatic heterocycles. The molecule has 2 aromatic heterocycles. The van der Waals surface area contributed by atoms with Gasteiger partial charge in [-0.1, -0.05) is 0 Å². The first-order chi connectivity index (χ1) is 11.1. The number of aromatic nitrogens is 4. The SMILES string of the molecule is CCn1ncnc1[C@H](NC(=O)c1ccc(N(C)C)nc1)C1CC1. The fraction of sp³-hybridized carbons (Fsp3) is 0.500. The Labute approximate surface area is 135 Å². The summed E-state index contributed by atoms with van der Waals surface area (Å²) in [5, 5.41) is 7.32. The van der Waals surface area contributed by atoms with Gasteiger partial charge in [0.2, 0.25) is 0 Å². The van der Waals surface area contributed by atoms with Crippen LogP contribution in [0.25, 0.3) is 0 Å². The molecule has 1 fully saturated rings. The van der Waals surface area contributed by atoms with Gasteiger partial charge in [-0.05, 0) is 37.8 Å². The first-order valence-electron chi connectivity index (χ1n) is 7.92. The lowest BCUT2D eigenvalue weighted by molar-refractivity contribution is 0.0928. The summed E-state index contributed by atoms with van der Waals surface area (Å²) in [5.41, 5.74) is 0.559. The third-order valence-corrected chi connectivity index (χ3v) is 4.07. The van der Waals surface area contributed by atoms with Crippen LogP contribution in [0.1, 0.15) is 42.0 Å². The fourth-order valence-corrected chi connectivity index (χ4v) is 2.59. The van der Waals surface area contributed by atoms with E-state index in [0.717, 1.165) is 31.0 Å². The summed E-state index contributed by atoms with van der Waals surface area (Å²) in [6.45, 7) is 2.77. The van der Waals surface area contributed by atoms with Gasteiger partial charge in [0, 0.05) is 26.8 Å². The minimum atomic E-state index is -0.120. The van der Waals surface area contributed by atoms with Crippen molar-refractivity contribution >= 4 is 11.7 Å². The molecule has 0 unspecified atom stereocenters. The van der Waals surface area contributed by atoms with E-state index < -0.39 is 0 Å². The van der Waals surface area contributed by atoms with E-state index in [-0.39, 0.29) is 11.9 Å². The molecular weight excluding hydrogens is 292 g/mol. The van der Waals surface area contributed by atoms with Gasteiger partial charge in [-0.25, -0.2) is 14.6 Å². The zero-order valence-electron chi connectivity index (χ0n) is 13.7. The number of nitrogens with one attached hydrogen (secondary N) is 1. The Morgan fingerprint density at radius 1 is 1.39 bits per heavy atom. The highest BCUT2D eigenvalue weighted by molar-refractivity contribution is 5.94. The molecule has 2 aromatic rings. The summed E-state index contributed by atoms with van der Waals surface area (Å²) in [5.74, 6) is 1.99. The second-order valence-electron chi connectivity index (χ2n) is 6.02. The number of anilines is 1. The van der Waals surface area contributed by atoms with Crippen LogP contribution in [0.15, 0.2) is 24.7 Å². The molecule has 7 nitrogen and oxygen atoms in total. The predicted molar refractivity (Wildman–Crippen MR) is 87.2 cm³/mol. The summed E-state index contributed by atoms with van der Waals surface area (Å²) in [7, 11) is 3.84. The zero-order valence-corrected chi connectivity index (χ0v) is 13.7. The first-order valence-corrected chi connectivity index (χ1v) is 7.92. The number of nitrogens with zero attached hydrogens (tertiary/aromatic N) is 5. The Hall–Kier alpha value is -2.44. The van der Waals surface area contributed by atoms with Crippen molar-refractivity contribution in [3.05, 3.63) is 36.0 Å². The highest BCUT2D eigenvalue weighted by atomic mass is 16.1. The van der Waals surface area contributed by atoms with E-state index in [1.807, 2.05) is 36.7 Å². The Morgan fingerprint density at radius 3 is 2.74 bits per heavy atom. The van der Waals surface area contributed by atoms with Crippen molar-refractivity contribution < 1.29 is 4.79 Å². The van der Waals surface area contributed by atoms with E-state index in [4.69, 9.17) is 0 Å². The Balaban J connectivity index is 1.76. The summed E-state index contributed by atoms with van der Waals surface area (Å²) in [6, 6.07) is 3.56. The van der Waals surface area contributed by atoms with Crippen molar-refractivity contribution in [3.63, 3.8) is 0 Å². The maximum atomic E-state index is 12.5. The molecule has 1 aliphatic rings. The van der Waals surface area contributed by atoms with Crippen molar-refractivity contribution in [1.29, 1.82) is 0 Å². The average molecular weight is 314 g/mol. The molecule has 1 saturated carbocycles. The molecule has 1 N–H and O–H groups in total. The molecular formula is C16H22N6O. The Bertz CT molecular complexity index is 674. The van der Waals surface area contributed by atoms with E-state index >= 15 is 0 Å². The molecule has 0 aromatic carbocycles. The lowest BCUT2D eigenvalue weighted by Gasteiger charge is -2.18. The lowest BCUT2D eigenvalue weighted by atomic mass is 10.1. The maximum Gasteiger partial charge on any atom is 0.253 e. The van der Waals surface area contributed by atoms with Crippen LogP contribution >= 0.6 is 0 Å². The van der Waals surface area contributed by atoms with Gasteiger partial charge >= 0.3 is 0 Å². The molecule has 0 saturated heterocycles. The van der Waals surface area contributed by atoms with E-state index in [1.165, 1.54) is 0 Å². The van der Waals surface area contributed by atoms with E-state index in [0.29, 0.717) is 11.5 Å². The minimum Gasteiger partial charge on any atom is -0.363 e. The van der Waals surface area contributed by atoms with Gasteiger partial charge in [-0.2, -0.15) is 5.10 Å². The van der Waals surface area contributed by atoms with Crippen molar-refractivity contribution in [2.24, 2.45) is 5.92 Å². The lowest BCUT2D eigenvalue weighted by Crippen LogP contribution is -2.32. The quantitative estimate of drug-likeness (QED) is 0.877. The third-order valence-electron chi connectivity index (χ3n) is 4.07. The van der Waals surface area contributed by atoms with Crippen molar-refractivity contribution in [1.82, 2.24) is 25.1 Å². The van der Waals surface area contributed by atoms with Gasteiger partial charge in [-0.3, -0.25) is 4.79 Å². The molecule has 1 atom stereocenters. The van der Waals surface area contributed by atoms with Gasteiger partial charge < -0.3 is 10.2 Å². The Kier molecular flexibility index (Phi) is 4.27. The topological polar surface area (TPSA) is 75.9 Å². The number of aryl methyl sites for hydroxylation is 1. The number of amides is 1. The van der Waals surface area contributed by atoms with Crippen molar-refractivity contribution in [2.75, 3.05) is 19.0 Å². The Morgan fingerprint density at radius 2 is 2.17 bits per heavy atom. The molecule has 7 heteroatoms. The van der Waals surface area contributed by atoms with Crippen LogP contribution in [0.5, 0.6) is 0 Å². The number of rotatable bonds is 6. The smallest absolute Gasteiger partial charge is 0.253 e. The van der Waals surface area contributed by atoms with Crippen LogP contribution in [0.3, 0.4) is 0 Å². The van der Waals surface area contributed by atoms with E-state index in [1.54, 1.807) is 18.6 Å². The molecule has 1 aliphatic carbocycles. The number of carbonyl (C=O) groups is 1. The third kappa shape index (κ3) is 3.33. The highest BCUT2D eigenvalue weighted by Crippen LogP contribution is 2.40. The predicted octanol–water partition coefficient (Wildman–Crippen LogP) is 1.64. The van der Waals surface area contributed by atoms with Gasteiger partial charge in [0.25, 0.3) is 5.91 Å². The first kappa shape index (κ1) is 15.5. The van der Waals surface area contributed by atoms with Crippen molar-refractivity contribution in [2.45, 2.75) is 32.4 Å². The summed E-state index contributed by atoms with van der Waals surface area (Å²) in [6.07, 6.45) is 5.38. The van der Waals surface area contributed by atoms with Crippen LogP contribution < -0.4 is 10.2 Å². The highest BCUT2D eigenvalue weighted by Gasteiger charge is 2.36. The minimum absolute atomic E-state index is 0.0847. The average Bonchev–Trinajstić information content (AvgIpc) is 3.29. The van der Waals surface area contributed by atoms with Crippen LogP contribution in [-0.2, 0) is 6.54 Å². The number of pyridine rings is 1. The van der Waals surface area contributed by atoms with Crippen molar-refractivity contribution in [3.8, 4) is 0 Å². The molecule has 0 bridgehead atoms. The number of hydrogen-bond acceptors (Lipinski definition) is 5. The van der Waals surface area contributed by atoms with Gasteiger partial charge in [0.15, 0.2) is 0 Å². The zero-order chi connectivity index (χ0) is 16.4. The second kappa shape index (κ2) is 6.36. The standard InChI is InChI=1S/C16H22N6O/c1-4-22-15(18-10-19-22)14(11-5-6-11)20-16(23)12-7-8-13(17-9-12)21(2)3/h7-11,14H,4-6H2,1-3H3,(H,20,23)/t14-/m1/s1. The molecule has 1 amide bonds. The molecule has 0 spiro atoms. The number of carbonyl (C=O) groups excluding carboxylic acids is 1. The van der Waals surface area contributed by atoms with Gasteiger partial charge in [0.05, 0.1) is 11.6 Å². The molecule has 122 valence electrons. The molecule has 23 heavy (non-hydrogen) atoms. The number of hydrogen-bond donors (Lipinski definition) is 1. The molecule has 0 radical (unpaired) electrons. The maximum absolute atomic E-state index is 12.5. The monoisotopic (exact) mass is 314 g/mol. The van der Waals surface area contributed by atoms with Crippen LogP contribution in [0.2, 0.25) is 0 Å². The normalized spacial score (nSPS) is 15.3. The largest absolute Gasteiger partial charge is 0.363 e. The second-order valence-corrected chi connectivity index (χ2v) is 6.02. The summed E-state index contributed by atoms with van der Waals surface area (Å²) >= 11 is 0. The summed E-state index contributed by atoms with van der Waals surface area (Å²) in [4.78, 5) is 23.1. The van der Waals surface area contributed by atoms with Crippen LogP contribution in [0.4, 0.5) is 5.82 Å².